The van der Waals surface area contributed by atoms with Gasteiger partial charge < -0.3 is 16.0 Å². The van der Waals surface area contributed by atoms with Crippen LogP contribution in [-0.2, 0) is 9.59 Å². The van der Waals surface area contributed by atoms with E-state index >= 15 is 0 Å². The molecular formula is C32H24Cl2N4O3S2. The first-order valence-electron chi connectivity index (χ1n) is 13.0. The molecule has 4 aromatic carbocycles. The number of hydrogen-bond acceptors (Lipinski definition) is 6. The average molecular weight is 648 g/mol. The SMILES string of the molecule is Cc1ccc2nc(NC(=O)CSc3ccc(NC(=O)/C(=C/c4cccc(Cl)c4Cl)NC(=O)c4ccccc4)cc3)sc2c1. The lowest BCUT2D eigenvalue weighted by Crippen LogP contribution is -2.30. The molecule has 5 aromatic rings. The van der Waals surface area contributed by atoms with Crippen LogP contribution in [0, 0.1) is 6.92 Å². The molecule has 7 nitrogen and oxygen atoms in total. The summed E-state index contributed by atoms with van der Waals surface area (Å²) in [4.78, 5) is 44.0. The van der Waals surface area contributed by atoms with E-state index in [1.54, 1.807) is 72.8 Å². The Kier molecular flexibility index (Phi) is 9.79. The summed E-state index contributed by atoms with van der Waals surface area (Å²) in [5.41, 5.74) is 3.34. The molecule has 0 aliphatic heterocycles. The van der Waals surface area contributed by atoms with Crippen LogP contribution in [0.15, 0.2) is 102 Å². The van der Waals surface area contributed by atoms with Crippen molar-refractivity contribution in [2.75, 3.05) is 16.4 Å². The van der Waals surface area contributed by atoms with E-state index in [0.29, 0.717) is 27.0 Å². The monoisotopic (exact) mass is 646 g/mol. The number of benzene rings is 4. The first kappa shape index (κ1) is 30.3. The Hall–Kier alpha value is -4.15. The van der Waals surface area contributed by atoms with Gasteiger partial charge >= 0.3 is 0 Å². The molecule has 11 heteroatoms. The van der Waals surface area contributed by atoms with Gasteiger partial charge in [0.05, 0.1) is 26.0 Å². The molecule has 0 bridgehead atoms. The van der Waals surface area contributed by atoms with Gasteiger partial charge in [-0.3, -0.25) is 14.4 Å². The smallest absolute Gasteiger partial charge is 0.272 e. The van der Waals surface area contributed by atoms with Gasteiger partial charge in [-0.25, -0.2) is 4.98 Å². The van der Waals surface area contributed by atoms with Crippen LogP contribution in [0.1, 0.15) is 21.5 Å². The number of carbonyl (C=O) groups excluding carboxylic acids is 3. The molecule has 0 radical (unpaired) electrons. The van der Waals surface area contributed by atoms with Crippen LogP contribution in [0.2, 0.25) is 10.0 Å². The Bertz CT molecular complexity index is 1840. The fourth-order valence-electron chi connectivity index (χ4n) is 3.95. The minimum atomic E-state index is -0.550. The Labute approximate surface area is 266 Å². The van der Waals surface area contributed by atoms with Crippen LogP contribution in [0.5, 0.6) is 0 Å². The fourth-order valence-corrected chi connectivity index (χ4v) is 5.99. The number of halogens is 2. The second kappa shape index (κ2) is 13.9. The minimum absolute atomic E-state index is 0.0156. The average Bonchev–Trinajstić information content (AvgIpc) is 3.40. The molecule has 3 amide bonds. The highest BCUT2D eigenvalue weighted by atomic mass is 35.5. The van der Waals surface area contributed by atoms with Gasteiger partial charge in [0, 0.05) is 16.1 Å². The molecule has 1 heterocycles. The van der Waals surface area contributed by atoms with E-state index in [1.165, 1.54) is 29.2 Å². The number of aromatic nitrogens is 1. The number of nitrogens with zero attached hydrogens (tertiary/aromatic N) is 1. The molecule has 3 N–H and O–H groups in total. The molecule has 0 aliphatic rings. The highest BCUT2D eigenvalue weighted by molar-refractivity contribution is 8.00. The van der Waals surface area contributed by atoms with Gasteiger partial charge in [0.1, 0.15) is 5.70 Å². The summed E-state index contributed by atoms with van der Waals surface area (Å²) in [5, 5.41) is 9.48. The number of thioether (sulfide) groups is 1. The number of anilines is 2. The molecule has 0 spiro atoms. The largest absolute Gasteiger partial charge is 0.321 e. The first-order valence-corrected chi connectivity index (χ1v) is 15.5. The topological polar surface area (TPSA) is 100 Å². The zero-order valence-corrected chi connectivity index (χ0v) is 25.8. The molecule has 0 saturated heterocycles. The van der Waals surface area contributed by atoms with Gasteiger partial charge in [0.2, 0.25) is 5.91 Å². The number of thiazole rings is 1. The molecule has 216 valence electrons. The Morgan fingerprint density at radius 1 is 0.907 bits per heavy atom. The highest BCUT2D eigenvalue weighted by Gasteiger charge is 2.16. The van der Waals surface area contributed by atoms with Gasteiger partial charge in [0.15, 0.2) is 5.13 Å². The number of fused-ring (bicyclic) bond motifs is 1. The fraction of sp³-hybridized carbons (Fsp3) is 0.0625. The second-order valence-corrected chi connectivity index (χ2v) is 12.2. The summed E-state index contributed by atoms with van der Waals surface area (Å²) < 4.78 is 1.02. The van der Waals surface area contributed by atoms with Crippen molar-refractivity contribution in [2.45, 2.75) is 11.8 Å². The van der Waals surface area contributed by atoms with Crippen molar-refractivity contribution in [1.82, 2.24) is 10.3 Å². The van der Waals surface area contributed by atoms with E-state index < -0.39 is 11.8 Å². The van der Waals surface area contributed by atoms with E-state index in [2.05, 4.69) is 20.9 Å². The van der Waals surface area contributed by atoms with Crippen LogP contribution < -0.4 is 16.0 Å². The van der Waals surface area contributed by atoms with E-state index in [4.69, 9.17) is 23.2 Å². The van der Waals surface area contributed by atoms with Gasteiger partial charge in [0.25, 0.3) is 11.8 Å². The predicted molar refractivity (Wildman–Crippen MR) is 177 cm³/mol. The molecule has 5 rings (SSSR count). The zero-order valence-electron chi connectivity index (χ0n) is 22.7. The van der Waals surface area contributed by atoms with Crippen LogP contribution in [0.4, 0.5) is 10.8 Å². The number of hydrogen-bond donors (Lipinski definition) is 3. The maximum Gasteiger partial charge on any atom is 0.272 e. The second-order valence-electron chi connectivity index (χ2n) is 9.33. The summed E-state index contributed by atoms with van der Waals surface area (Å²) in [7, 11) is 0. The third-order valence-electron chi connectivity index (χ3n) is 6.08. The van der Waals surface area contributed by atoms with Gasteiger partial charge in [-0.15, -0.1) is 11.8 Å². The summed E-state index contributed by atoms with van der Waals surface area (Å²) in [5.74, 6) is -0.974. The normalized spacial score (nSPS) is 11.3. The van der Waals surface area contributed by atoms with Crippen molar-refractivity contribution in [1.29, 1.82) is 0 Å². The number of amides is 3. The lowest BCUT2D eigenvalue weighted by atomic mass is 10.1. The molecule has 0 saturated carbocycles. The van der Waals surface area contributed by atoms with Gasteiger partial charge in [-0.1, -0.05) is 70.9 Å². The van der Waals surface area contributed by atoms with Crippen molar-refractivity contribution in [3.8, 4) is 0 Å². The van der Waals surface area contributed by atoms with Crippen molar-refractivity contribution in [3.05, 3.63) is 123 Å². The van der Waals surface area contributed by atoms with Crippen molar-refractivity contribution in [2.24, 2.45) is 0 Å². The predicted octanol–water partition coefficient (Wildman–Crippen LogP) is 8.05. The molecule has 0 atom stereocenters. The highest BCUT2D eigenvalue weighted by Crippen LogP contribution is 2.29. The molecule has 1 aromatic heterocycles. The van der Waals surface area contributed by atoms with E-state index in [9.17, 15) is 14.4 Å². The molecule has 0 fully saturated rings. The Balaban J connectivity index is 1.23. The molecule has 0 aliphatic carbocycles. The number of carbonyl (C=O) groups is 3. The van der Waals surface area contributed by atoms with E-state index in [-0.39, 0.29) is 22.4 Å². The van der Waals surface area contributed by atoms with Gasteiger partial charge in [-0.2, -0.15) is 0 Å². The summed E-state index contributed by atoms with van der Waals surface area (Å²) in [6.45, 7) is 2.02. The van der Waals surface area contributed by atoms with Crippen molar-refractivity contribution >= 4 is 91.1 Å². The number of nitrogens with one attached hydrogen (secondary N) is 3. The maximum absolute atomic E-state index is 13.3. The first-order chi connectivity index (χ1) is 20.7. The zero-order chi connectivity index (χ0) is 30.3. The van der Waals surface area contributed by atoms with Crippen LogP contribution in [-0.4, -0.2) is 28.5 Å². The lowest BCUT2D eigenvalue weighted by Gasteiger charge is -2.12. The maximum atomic E-state index is 13.3. The van der Waals surface area contributed by atoms with Crippen molar-refractivity contribution in [3.63, 3.8) is 0 Å². The quantitative estimate of drug-likeness (QED) is 0.111. The van der Waals surface area contributed by atoms with E-state index in [1.807, 2.05) is 25.1 Å². The molecular weight excluding hydrogens is 623 g/mol. The standard InChI is InChI=1S/C32H24Cl2N4O3S2/c1-19-10-15-25-27(16-19)43-32(37-25)38-28(39)18-42-23-13-11-22(12-14-23)35-31(41)26(17-21-8-5-9-24(33)29(21)34)36-30(40)20-6-3-2-4-7-20/h2-17H,18H2,1H3,(H,35,41)(H,36,40)(H,37,38,39)/b26-17-. The Morgan fingerprint density at radius 2 is 1.67 bits per heavy atom. The third-order valence-corrected chi connectivity index (χ3v) is 8.86. The van der Waals surface area contributed by atoms with Crippen LogP contribution in [0.3, 0.4) is 0 Å². The summed E-state index contributed by atoms with van der Waals surface area (Å²) >= 11 is 15.3. The third kappa shape index (κ3) is 8.03. The van der Waals surface area contributed by atoms with Crippen LogP contribution in [0.25, 0.3) is 16.3 Å². The molecule has 0 unspecified atom stereocenters. The van der Waals surface area contributed by atoms with Crippen molar-refractivity contribution < 1.29 is 14.4 Å². The van der Waals surface area contributed by atoms with Gasteiger partial charge in [-0.05, 0) is 78.7 Å². The minimum Gasteiger partial charge on any atom is -0.321 e. The number of rotatable bonds is 9. The molecule has 43 heavy (non-hydrogen) atoms. The Morgan fingerprint density at radius 3 is 2.44 bits per heavy atom. The lowest BCUT2D eigenvalue weighted by molar-refractivity contribution is -0.114. The summed E-state index contributed by atoms with van der Waals surface area (Å²) in [6.07, 6.45) is 1.47. The van der Waals surface area contributed by atoms with E-state index in [0.717, 1.165) is 20.7 Å². The van der Waals surface area contributed by atoms with Crippen LogP contribution >= 0.6 is 46.3 Å². The number of aryl methyl sites for hydroxylation is 1. The summed E-state index contributed by atoms with van der Waals surface area (Å²) in [6, 6.07) is 26.6.